The van der Waals surface area contributed by atoms with Gasteiger partial charge in [0.1, 0.15) is 0 Å². The summed E-state index contributed by atoms with van der Waals surface area (Å²) < 4.78 is 0. The minimum absolute atomic E-state index is 0.206. The summed E-state index contributed by atoms with van der Waals surface area (Å²) in [5.74, 6) is 0. The number of nitrogens with two attached hydrogens (primary N) is 1. The molecule has 1 unspecified atom stereocenters. The van der Waals surface area contributed by atoms with Crippen LogP contribution in [0.15, 0.2) is 42.5 Å². The van der Waals surface area contributed by atoms with Crippen molar-refractivity contribution in [3.63, 3.8) is 0 Å². The zero-order valence-corrected chi connectivity index (χ0v) is 13.1. The molecule has 20 heavy (non-hydrogen) atoms. The van der Waals surface area contributed by atoms with Gasteiger partial charge < -0.3 is 5.73 Å². The highest BCUT2D eigenvalue weighted by Gasteiger charge is 2.15. The van der Waals surface area contributed by atoms with Gasteiger partial charge in [0.15, 0.2) is 0 Å². The van der Waals surface area contributed by atoms with Crippen molar-refractivity contribution >= 4 is 28.9 Å². The highest BCUT2D eigenvalue weighted by molar-refractivity contribution is 6.31. The monoisotopic (exact) mass is 308 g/mol. The van der Waals surface area contributed by atoms with Crippen molar-refractivity contribution in [1.29, 1.82) is 0 Å². The number of benzene rings is 2. The Kier molecular flexibility index (Phi) is 4.92. The van der Waals surface area contributed by atoms with E-state index in [0.717, 1.165) is 22.7 Å². The molecule has 0 aliphatic rings. The number of nitrogen functional groups attached to an aromatic ring is 1. The number of rotatable bonds is 4. The molecule has 0 bridgehead atoms. The largest absolute Gasteiger partial charge is 0.399 e. The summed E-state index contributed by atoms with van der Waals surface area (Å²) in [7, 11) is 2.06. The highest BCUT2D eigenvalue weighted by Crippen LogP contribution is 2.28. The van der Waals surface area contributed by atoms with Gasteiger partial charge in [-0.1, -0.05) is 47.5 Å². The first-order valence-corrected chi connectivity index (χ1v) is 7.23. The summed E-state index contributed by atoms with van der Waals surface area (Å²) in [6, 6.07) is 13.7. The molecule has 0 aliphatic carbocycles. The Labute approximate surface area is 130 Å². The second-order valence-electron chi connectivity index (χ2n) is 4.96. The van der Waals surface area contributed by atoms with Crippen LogP contribution in [0.3, 0.4) is 0 Å². The van der Waals surface area contributed by atoms with Crippen molar-refractivity contribution in [1.82, 2.24) is 4.90 Å². The molecule has 1 atom stereocenters. The molecule has 0 saturated carbocycles. The lowest BCUT2D eigenvalue weighted by Gasteiger charge is -2.26. The zero-order chi connectivity index (χ0) is 14.7. The Bertz CT molecular complexity index is 599. The number of halogens is 2. The first-order chi connectivity index (χ1) is 9.49. The van der Waals surface area contributed by atoms with Gasteiger partial charge in [0, 0.05) is 28.3 Å². The van der Waals surface area contributed by atoms with E-state index in [1.165, 1.54) is 0 Å². The minimum Gasteiger partial charge on any atom is -0.399 e. The molecule has 0 aliphatic heterocycles. The van der Waals surface area contributed by atoms with Gasteiger partial charge in [0.2, 0.25) is 0 Å². The molecular weight excluding hydrogens is 291 g/mol. The van der Waals surface area contributed by atoms with Crippen molar-refractivity contribution < 1.29 is 0 Å². The molecule has 0 heterocycles. The predicted octanol–water partition coefficient (Wildman–Crippen LogP) is 4.77. The summed E-state index contributed by atoms with van der Waals surface area (Å²) in [6.45, 7) is 2.87. The molecule has 0 radical (unpaired) electrons. The van der Waals surface area contributed by atoms with Gasteiger partial charge >= 0.3 is 0 Å². The Balaban J connectivity index is 2.15. The van der Waals surface area contributed by atoms with Crippen LogP contribution in [-0.4, -0.2) is 11.9 Å². The topological polar surface area (TPSA) is 29.3 Å². The lowest BCUT2D eigenvalue weighted by molar-refractivity contribution is 0.253. The van der Waals surface area contributed by atoms with E-state index in [9.17, 15) is 0 Å². The molecular formula is C16H18Cl2N2. The van der Waals surface area contributed by atoms with Crippen LogP contribution in [0, 0.1) is 0 Å². The Morgan fingerprint density at radius 3 is 2.45 bits per heavy atom. The van der Waals surface area contributed by atoms with Crippen molar-refractivity contribution in [2.75, 3.05) is 12.8 Å². The SMILES string of the molecule is CC(c1ccccc1Cl)N(C)Cc1ccc(N)cc1Cl. The van der Waals surface area contributed by atoms with Gasteiger partial charge in [-0.3, -0.25) is 4.90 Å². The minimum atomic E-state index is 0.206. The average molecular weight is 309 g/mol. The number of hydrogen-bond acceptors (Lipinski definition) is 2. The van der Waals surface area contributed by atoms with Crippen LogP contribution in [0.1, 0.15) is 24.1 Å². The van der Waals surface area contributed by atoms with E-state index < -0.39 is 0 Å². The molecule has 0 amide bonds. The van der Waals surface area contributed by atoms with E-state index in [1.54, 1.807) is 6.07 Å². The fourth-order valence-electron chi connectivity index (χ4n) is 2.15. The maximum Gasteiger partial charge on any atom is 0.0471 e. The first-order valence-electron chi connectivity index (χ1n) is 6.47. The van der Waals surface area contributed by atoms with Crippen molar-refractivity contribution in [3.8, 4) is 0 Å². The number of anilines is 1. The Hall–Kier alpha value is -1.22. The van der Waals surface area contributed by atoms with Gasteiger partial charge in [-0.15, -0.1) is 0 Å². The summed E-state index contributed by atoms with van der Waals surface area (Å²) >= 11 is 12.5. The van der Waals surface area contributed by atoms with E-state index in [-0.39, 0.29) is 6.04 Å². The second-order valence-corrected chi connectivity index (χ2v) is 5.78. The van der Waals surface area contributed by atoms with Gasteiger partial charge in [-0.2, -0.15) is 0 Å². The molecule has 106 valence electrons. The van der Waals surface area contributed by atoms with Crippen LogP contribution >= 0.6 is 23.2 Å². The third-order valence-electron chi connectivity index (χ3n) is 3.51. The highest BCUT2D eigenvalue weighted by atomic mass is 35.5. The molecule has 2 N–H and O–H groups in total. The molecule has 0 saturated heterocycles. The third kappa shape index (κ3) is 3.45. The summed E-state index contributed by atoms with van der Waals surface area (Å²) in [4.78, 5) is 2.21. The molecule has 4 heteroatoms. The lowest BCUT2D eigenvalue weighted by Crippen LogP contribution is -2.22. The summed E-state index contributed by atoms with van der Waals surface area (Å²) in [5.41, 5.74) is 8.57. The van der Waals surface area contributed by atoms with Crippen LogP contribution in [0.25, 0.3) is 0 Å². The molecule has 2 nitrogen and oxygen atoms in total. The molecule has 0 aromatic heterocycles. The van der Waals surface area contributed by atoms with Gasteiger partial charge in [0.05, 0.1) is 0 Å². The molecule has 0 fully saturated rings. The van der Waals surface area contributed by atoms with Crippen LogP contribution in [0.4, 0.5) is 5.69 Å². The lowest BCUT2D eigenvalue weighted by atomic mass is 10.1. The first kappa shape index (κ1) is 15.2. The number of nitrogens with zero attached hydrogens (tertiary/aromatic N) is 1. The zero-order valence-electron chi connectivity index (χ0n) is 11.6. The van der Waals surface area contributed by atoms with Crippen LogP contribution in [0.2, 0.25) is 10.0 Å². The van der Waals surface area contributed by atoms with Gasteiger partial charge in [-0.25, -0.2) is 0 Å². The van der Waals surface area contributed by atoms with Crippen LogP contribution < -0.4 is 5.73 Å². The third-order valence-corrected chi connectivity index (χ3v) is 4.21. The van der Waals surface area contributed by atoms with E-state index in [1.807, 2.05) is 36.4 Å². The summed E-state index contributed by atoms with van der Waals surface area (Å²) in [6.07, 6.45) is 0. The van der Waals surface area contributed by atoms with E-state index in [4.69, 9.17) is 28.9 Å². The fourth-order valence-corrected chi connectivity index (χ4v) is 2.69. The fraction of sp³-hybridized carbons (Fsp3) is 0.250. The van der Waals surface area contributed by atoms with Gasteiger partial charge in [-0.05, 0) is 43.3 Å². The quantitative estimate of drug-likeness (QED) is 0.824. The Morgan fingerprint density at radius 1 is 1.10 bits per heavy atom. The normalized spacial score (nSPS) is 12.7. The van der Waals surface area contributed by atoms with E-state index >= 15 is 0 Å². The van der Waals surface area contributed by atoms with Crippen LogP contribution in [0.5, 0.6) is 0 Å². The number of hydrogen-bond donors (Lipinski definition) is 1. The van der Waals surface area contributed by atoms with Crippen LogP contribution in [-0.2, 0) is 6.54 Å². The molecule has 2 rings (SSSR count). The van der Waals surface area contributed by atoms with E-state index in [0.29, 0.717) is 10.7 Å². The van der Waals surface area contributed by atoms with Crippen molar-refractivity contribution in [3.05, 3.63) is 63.6 Å². The molecule has 0 spiro atoms. The average Bonchev–Trinajstić information content (AvgIpc) is 2.41. The van der Waals surface area contributed by atoms with Gasteiger partial charge in [0.25, 0.3) is 0 Å². The smallest absolute Gasteiger partial charge is 0.0471 e. The maximum absolute atomic E-state index is 6.25. The second kappa shape index (κ2) is 6.49. The Morgan fingerprint density at radius 2 is 1.80 bits per heavy atom. The maximum atomic E-state index is 6.25. The van der Waals surface area contributed by atoms with E-state index in [2.05, 4.69) is 18.9 Å². The molecule has 2 aromatic rings. The van der Waals surface area contributed by atoms with Crippen molar-refractivity contribution in [2.24, 2.45) is 0 Å². The standard InChI is InChI=1S/C16H18Cl2N2/c1-11(14-5-3-4-6-15(14)17)20(2)10-12-7-8-13(19)9-16(12)18/h3-9,11H,10,19H2,1-2H3. The summed E-state index contributed by atoms with van der Waals surface area (Å²) in [5, 5.41) is 1.48. The van der Waals surface area contributed by atoms with Crippen molar-refractivity contribution in [2.45, 2.75) is 19.5 Å². The predicted molar refractivity (Wildman–Crippen MR) is 87.2 cm³/mol. The molecule has 2 aromatic carbocycles.